The number of nitrogens with zero attached hydrogens (tertiary/aromatic N) is 3. The van der Waals surface area contributed by atoms with Gasteiger partial charge in [-0.15, -0.1) is 0 Å². The summed E-state index contributed by atoms with van der Waals surface area (Å²) in [5.41, 5.74) is 0.471. The quantitative estimate of drug-likeness (QED) is 0.761. The monoisotopic (exact) mass is 202 g/mol. The highest BCUT2D eigenvalue weighted by molar-refractivity contribution is 5.64. The molecule has 1 N–H and O–H groups in total. The lowest BCUT2D eigenvalue weighted by molar-refractivity contribution is -0.128. The Bertz CT molecular complexity index is 414. The van der Waals surface area contributed by atoms with Gasteiger partial charge in [0.1, 0.15) is 12.2 Å². The van der Waals surface area contributed by atoms with Crippen molar-refractivity contribution < 1.29 is 13.2 Å². The van der Waals surface area contributed by atoms with Gasteiger partial charge in [0.25, 0.3) is 0 Å². The number of fused-ring (bicyclic) bond motifs is 1. The average Bonchev–Trinajstić information content (AvgIpc) is 2.42. The third-order valence-electron chi connectivity index (χ3n) is 1.55. The number of aromatic amines is 1. The summed E-state index contributed by atoms with van der Waals surface area (Å²) >= 11 is 0. The van der Waals surface area contributed by atoms with E-state index in [-0.39, 0.29) is 17.1 Å². The number of halogens is 3. The van der Waals surface area contributed by atoms with E-state index in [0.29, 0.717) is 0 Å². The molecule has 14 heavy (non-hydrogen) atoms. The minimum atomic E-state index is -4.27. The van der Waals surface area contributed by atoms with Crippen molar-refractivity contribution in [3.63, 3.8) is 0 Å². The van der Waals surface area contributed by atoms with E-state index in [1.807, 2.05) is 0 Å². The molecule has 2 heterocycles. The molecule has 0 radical (unpaired) electrons. The SMILES string of the molecule is FC(F)(F)Cc1nc2nccnc2[nH]1. The molecule has 0 amide bonds. The van der Waals surface area contributed by atoms with Crippen LogP contribution in [0.4, 0.5) is 13.2 Å². The lowest BCUT2D eigenvalue weighted by Crippen LogP contribution is -2.12. The zero-order valence-corrected chi connectivity index (χ0v) is 6.84. The summed E-state index contributed by atoms with van der Waals surface area (Å²) in [6, 6.07) is 0. The fraction of sp³-hybridized carbons (Fsp3) is 0.286. The summed E-state index contributed by atoms with van der Waals surface area (Å²) in [6.07, 6.45) is -2.60. The fourth-order valence-electron chi connectivity index (χ4n) is 1.07. The zero-order chi connectivity index (χ0) is 10.2. The second-order valence-corrected chi connectivity index (χ2v) is 2.70. The van der Waals surface area contributed by atoms with Crippen LogP contribution in [0, 0.1) is 0 Å². The minimum Gasteiger partial charge on any atom is -0.325 e. The Morgan fingerprint density at radius 1 is 1.21 bits per heavy atom. The highest BCUT2D eigenvalue weighted by Crippen LogP contribution is 2.20. The molecular formula is C7H5F3N4. The number of H-pyrrole nitrogens is 1. The van der Waals surface area contributed by atoms with Crippen molar-refractivity contribution in [2.24, 2.45) is 0 Å². The largest absolute Gasteiger partial charge is 0.396 e. The summed E-state index contributed by atoms with van der Waals surface area (Å²) in [5.74, 6) is -0.168. The molecule has 0 aromatic carbocycles. The number of hydrogen-bond donors (Lipinski definition) is 1. The molecule has 0 spiro atoms. The first-order chi connectivity index (χ1) is 6.54. The van der Waals surface area contributed by atoms with Crippen LogP contribution in [-0.4, -0.2) is 26.1 Å². The van der Waals surface area contributed by atoms with Crippen LogP contribution < -0.4 is 0 Å². The van der Waals surface area contributed by atoms with E-state index < -0.39 is 12.6 Å². The molecule has 0 fully saturated rings. The van der Waals surface area contributed by atoms with Gasteiger partial charge in [0.15, 0.2) is 11.3 Å². The van der Waals surface area contributed by atoms with Gasteiger partial charge in [-0.25, -0.2) is 15.0 Å². The molecule has 4 nitrogen and oxygen atoms in total. The second kappa shape index (κ2) is 2.93. The molecule has 0 aliphatic carbocycles. The molecule has 0 bridgehead atoms. The van der Waals surface area contributed by atoms with Crippen molar-refractivity contribution in [3.8, 4) is 0 Å². The van der Waals surface area contributed by atoms with Crippen molar-refractivity contribution in [3.05, 3.63) is 18.2 Å². The summed E-state index contributed by atoms with van der Waals surface area (Å²) in [6.45, 7) is 0. The van der Waals surface area contributed by atoms with Gasteiger partial charge in [-0.2, -0.15) is 13.2 Å². The van der Waals surface area contributed by atoms with Gasteiger partial charge in [-0.1, -0.05) is 0 Å². The molecule has 7 heteroatoms. The predicted molar refractivity (Wildman–Crippen MR) is 41.4 cm³/mol. The minimum absolute atomic E-state index is 0.168. The Labute approximate surface area is 76.2 Å². The Morgan fingerprint density at radius 3 is 2.57 bits per heavy atom. The molecule has 0 atom stereocenters. The summed E-state index contributed by atoms with van der Waals surface area (Å²) in [5, 5.41) is 0. The standard InChI is InChI=1S/C7H5F3N4/c8-7(9,10)3-4-13-5-6(14-4)12-2-1-11-5/h1-2H,3H2,(H,11,12,13,14). The van der Waals surface area contributed by atoms with Crippen LogP contribution in [0.1, 0.15) is 5.82 Å². The molecule has 0 unspecified atom stereocenters. The lowest BCUT2D eigenvalue weighted by Gasteiger charge is -2.01. The predicted octanol–water partition coefficient (Wildman–Crippen LogP) is 1.46. The van der Waals surface area contributed by atoms with Crippen LogP contribution >= 0.6 is 0 Å². The highest BCUT2D eigenvalue weighted by atomic mass is 19.4. The van der Waals surface area contributed by atoms with Gasteiger partial charge in [-0.3, -0.25) is 0 Å². The smallest absolute Gasteiger partial charge is 0.325 e. The number of hydrogen-bond acceptors (Lipinski definition) is 3. The van der Waals surface area contributed by atoms with E-state index in [2.05, 4.69) is 19.9 Å². The van der Waals surface area contributed by atoms with Gasteiger partial charge in [0.05, 0.1) is 0 Å². The molecule has 0 saturated carbocycles. The maximum atomic E-state index is 12.0. The van der Waals surface area contributed by atoms with Crippen LogP contribution in [-0.2, 0) is 6.42 Å². The number of imidazole rings is 1. The van der Waals surface area contributed by atoms with E-state index >= 15 is 0 Å². The highest BCUT2D eigenvalue weighted by Gasteiger charge is 2.29. The first-order valence-corrected chi connectivity index (χ1v) is 3.77. The van der Waals surface area contributed by atoms with E-state index in [0.717, 1.165) is 0 Å². The topological polar surface area (TPSA) is 54.5 Å². The van der Waals surface area contributed by atoms with Crippen LogP contribution in [0.3, 0.4) is 0 Å². The molecule has 0 aliphatic rings. The maximum Gasteiger partial charge on any atom is 0.396 e. The van der Waals surface area contributed by atoms with Crippen LogP contribution in [0.15, 0.2) is 12.4 Å². The molecule has 2 aromatic heterocycles. The lowest BCUT2D eigenvalue weighted by atomic mass is 10.4. The molecule has 2 rings (SSSR count). The molecule has 0 aliphatic heterocycles. The molecule has 2 aromatic rings. The Hall–Kier alpha value is -1.66. The number of rotatable bonds is 1. The summed E-state index contributed by atoms with van der Waals surface area (Å²) in [4.78, 5) is 13.6. The normalized spacial score (nSPS) is 12.2. The number of aromatic nitrogens is 4. The van der Waals surface area contributed by atoms with Gasteiger partial charge < -0.3 is 4.98 Å². The van der Waals surface area contributed by atoms with Gasteiger partial charge >= 0.3 is 6.18 Å². The Balaban J connectivity index is 2.36. The van der Waals surface area contributed by atoms with Gasteiger partial charge in [-0.05, 0) is 0 Å². The average molecular weight is 202 g/mol. The number of alkyl halides is 3. The van der Waals surface area contributed by atoms with E-state index in [4.69, 9.17) is 0 Å². The van der Waals surface area contributed by atoms with Crippen molar-refractivity contribution >= 4 is 11.3 Å². The van der Waals surface area contributed by atoms with Crippen molar-refractivity contribution in [1.29, 1.82) is 0 Å². The van der Waals surface area contributed by atoms with Gasteiger partial charge in [0.2, 0.25) is 0 Å². The van der Waals surface area contributed by atoms with Crippen molar-refractivity contribution in [1.82, 2.24) is 19.9 Å². The maximum absolute atomic E-state index is 12.0. The third kappa shape index (κ3) is 1.81. The van der Waals surface area contributed by atoms with E-state index in [1.165, 1.54) is 12.4 Å². The third-order valence-corrected chi connectivity index (χ3v) is 1.55. The van der Waals surface area contributed by atoms with Crippen LogP contribution in [0.5, 0.6) is 0 Å². The van der Waals surface area contributed by atoms with Crippen molar-refractivity contribution in [2.45, 2.75) is 12.6 Å². The Kier molecular flexibility index (Phi) is 1.87. The van der Waals surface area contributed by atoms with E-state index in [9.17, 15) is 13.2 Å². The molecule has 0 saturated heterocycles. The molecular weight excluding hydrogens is 197 g/mol. The van der Waals surface area contributed by atoms with Gasteiger partial charge in [0, 0.05) is 12.4 Å². The van der Waals surface area contributed by atoms with Crippen LogP contribution in [0.25, 0.3) is 11.3 Å². The fourth-order valence-corrected chi connectivity index (χ4v) is 1.07. The Morgan fingerprint density at radius 2 is 1.93 bits per heavy atom. The second-order valence-electron chi connectivity index (χ2n) is 2.70. The first kappa shape index (κ1) is 8.92. The van der Waals surface area contributed by atoms with Crippen molar-refractivity contribution in [2.75, 3.05) is 0 Å². The number of nitrogens with one attached hydrogen (secondary N) is 1. The zero-order valence-electron chi connectivity index (χ0n) is 6.84. The summed E-state index contributed by atoms with van der Waals surface area (Å²) < 4.78 is 35.9. The first-order valence-electron chi connectivity index (χ1n) is 3.77. The van der Waals surface area contributed by atoms with Crippen LogP contribution in [0.2, 0.25) is 0 Å². The summed E-state index contributed by atoms with van der Waals surface area (Å²) in [7, 11) is 0. The molecule has 74 valence electrons. The van der Waals surface area contributed by atoms with E-state index in [1.54, 1.807) is 0 Å².